The first-order chi connectivity index (χ1) is 13.0. The number of hydrogen-bond acceptors (Lipinski definition) is 5. The Bertz CT molecular complexity index is 980. The molecular formula is C20H19N3O3S. The van der Waals surface area contributed by atoms with E-state index in [4.69, 9.17) is 4.74 Å². The van der Waals surface area contributed by atoms with E-state index < -0.39 is 0 Å². The molecule has 2 aromatic carbocycles. The Balaban J connectivity index is 1.72. The molecule has 0 aliphatic carbocycles. The first-order valence-electron chi connectivity index (χ1n) is 8.27. The summed E-state index contributed by atoms with van der Waals surface area (Å²) >= 11 is 1.14. The van der Waals surface area contributed by atoms with E-state index >= 15 is 0 Å². The van der Waals surface area contributed by atoms with Gasteiger partial charge in [-0.05, 0) is 49.7 Å². The fraction of sp³-hybridized carbons (Fsp3) is 0.150. The second-order valence-electron chi connectivity index (χ2n) is 5.89. The molecule has 138 valence electrons. The molecule has 3 rings (SSSR count). The predicted molar refractivity (Wildman–Crippen MR) is 107 cm³/mol. The zero-order chi connectivity index (χ0) is 19.4. The van der Waals surface area contributed by atoms with E-state index in [1.165, 1.54) is 0 Å². The van der Waals surface area contributed by atoms with Crippen LogP contribution in [0.3, 0.4) is 0 Å². The number of aromatic nitrogens is 1. The number of nitrogens with one attached hydrogen (secondary N) is 2. The molecule has 1 aromatic heterocycles. The molecule has 0 aliphatic rings. The lowest BCUT2D eigenvalue weighted by molar-refractivity contribution is 0.102. The number of methoxy groups -OCH3 is 1. The van der Waals surface area contributed by atoms with E-state index in [-0.39, 0.29) is 11.8 Å². The molecule has 0 saturated heterocycles. The summed E-state index contributed by atoms with van der Waals surface area (Å²) in [7, 11) is 1.57. The van der Waals surface area contributed by atoms with Crippen molar-refractivity contribution in [2.75, 3.05) is 17.7 Å². The molecule has 0 saturated carbocycles. The molecule has 0 aliphatic heterocycles. The lowest BCUT2D eigenvalue weighted by atomic mass is 10.2. The van der Waals surface area contributed by atoms with Crippen molar-refractivity contribution in [3.05, 3.63) is 70.2 Å². The summed E-state index contributed by atoms with van der Waals surface area (Å²) in [6.45, 7) is 3.67. The summed E-state index contributed by atoms with van der Waals surface area (Å²) in [4.78, 5) is 29.7. The van der Waals surface area contributed by atoms with Crippen molar-refractivity contribution >= 4 is 34.0 Å². The van der Waals surface area contributed by atoms with Gasteiger partial charge in [-0.3, -0.25) is 14.9 Å². The Morgan fingerprint density at radius 1 is 0.963 bits per heavy atom. The van der Waals surface area contributed by atoms with Gasteiger partial charge < -0.3 is 10.1 Å². The van der Waals surface area contributed by atoms with E-state index in [0.29, 0.717) is 27.0 Å². The van der Waals surface area contributed by atoms with Crippen LogP contribution in [-0.4, -0.2) is 23.9 Å². The van der Waals surface area contributed by atoms with Crippen molar-refractivity contribution in [3.63, 3.8) is 0 Å². The number of nitrogens with zero attached hydrogens (tertiary/aromatic N) is 1. The maximum atomic E-state index is 12.6. The monoisotopic (exact) mass is 381 g/mol. The van der Waals surface area contributed by atoms with Crippen LogP contribution in [0.2, 0.25) is 0 Å². The Labute approximate surface area is 161 Å². The molecule has 7 heteroatoms. The van der Waals surface area contributed by atoms with E-state index in [9.17, 15) is 9.59 Å². The number of carbonyl (C=O) groups excluding carboxylic acids is 2. The minimum absolute atomic E-state index is 0.246. The maximum Gasteiger partial charge on any atom is 0.267 e. The smallest absolute Gasteiger partial charge is 0.267 e. The minimum Gasteiger partial charge on any atom is -0.497 e. The SMILES string of the molecule is COc1ccc(C(=O)Nc2nc(C)c(C(=O)Nc3ccccc3C)s2)cc1. The predicted octanol–water partition coefficient (Wildman–Crippen LogP) is 4.27. The van der Waals surface area contributed by atoms with Gasteiger partial charge in [0.25, 0.3) is 11.8 Å². The van der Waals surface area contributed by atoms with Crippen LogP contribution in [0.5, 0.6) is 5.75 Å². The molecule has 0 unspecified atom stereocenters. The molecule has 0 bridgehead atoms. The summed E-state index contributed by atoms with van der Waals surface area (Å²) in [5, 5.41) is 6.00. The third kappa shape index (κ3) is 4.32. The highest BCUT2D eigenvalue weighted by molar-refractivity contribution is 7.17. The van der Waals surface area contributed by atoms with Crippen LogP contribution in [0.4, 0.5) is 10.8 Å². The van der Waals surface area contributed by atoms with Gasteiger partial charge in [0, 0.05) is 11.3 Å². The number of amides is 2. The van der Waals surface area contributed by atoms with E-state index in [0.717, 1.165) is 22.6 Å². The minimum atomic E-state index is -0.294. The lowest BCUT2D eigenvalue weighted by Crippen LogP contribution is -2.12. The van der Waals surface area contributed by atoms with Gasteiger partial charge in [-0.15, -0.1) is 0 Å². The first-order valence-corrected chi connectivity index (χ1v) is 9.09. The summed E-state index contributed by atoms with van der Waals surface area (Å²) in [5.74, 6) is 0.133. The van der Waals surface area contributed by atoms with E-state index in [2.05, 4.69) is 15.6 Å². The standard InChI is InChI=1S/C20H19N3O3S/c1-12-6-4-5-7-16(12)22-19(25)17-13(2)21-20(27-17)23-18(24)14-8-10-15(26-3)11-9-14/h4-11H,1-3H3,(H,22,25)(H,21,23,24). The van der Waals surface area contributed by atoms with Crippen LogP contribution in [0.25, 0.3) is 0 Å². The first kappa shape index (κ1) is 18.6. The number of para-hydroxylation sites is 1. The molecule has 27 heavy (non-hydrogen) atoms. The molecule has 2 amide bonds. The van der Waals surface area contributed by atoms with Gasteiger partial charge in [-0.1, -0.05) is 29.5 Å². The third-order valence-electron chi connectivity index (χ3n) is 3.97. The Morgan fingerprint density at radius 2 is 1.67 bits per heavy atom. The normalized spacial score (nSPS) is 10.3. The summed E-state index contributed by atoms with van der Waals surface area (Å²) in [6, 6.07) is 14.3. The number of aryl methyl sites for hydroxylation is 2. The zero-order valence-corrected chi connectivity index (χ0v) is 16.0. The third-order valence-corrected chi connectivity index (χ3v) is 5.04. The number of anilines is 2. The molecule has 0 radical (unpaired) electrons. The van der Waals surface area contributed by atoms with Gasteiger partial charge in [-0.25, -0.2) is 4.98 Å². The summed E-state index contributed by atoms with van der Waals surface area (Å²) in [5.41, 5.74) is 2.77. The number of ether oxygens (including phenoxy) is 1. The van der Waals surface area contributed by atoms with Gasteiger partial charge in [0.05, 0.1) is 12.8 Å². The van der Waals surface area contributed by atoms with Gasteiger partial charge in [-0.2, -0.15) is 0 Å². The van der Waals surface area contributed by atoms with E-state index in [1.54, 1.807) is 38.3 Å². The van der Waals surface area contributed by atoms with Crippen molar-refractivity contribution < 1.29 is 14.3 Å². The average Bonchev–Trinajstić information content (AvgIpc) is 3.04. The summed E-state index contributed by atoms with van der Waals surface area (Å²) < 4.78 is 5.08. The topological polar surface area (TPSA) is 80.3 Å². The van der Waals surface area contributed by atoms with Crippen molar-refractivity contribution in [2.24, 2.45) is 0 Å². The molecular weight excluding hydrogens is 362 g/mol. The number of benzene rings is 2. The Kier molecular flexibility index (Phi) is 5.52. The number of hydrogen-bond donors (Lipinski definition) is 2. The van der Waals surface area contributed by atoms with Crippen molar-refractivity contribution in [1.82, 2.24) is 4.98 Å². The highest BCUT2D eigenvalue weighted by Gasteiger charge is 2.18. The molecule has 0 fully saturated rings. The zero-order valence-electron chi connectivity index (χ0n) is 15.2. The second-order valence-corrected chi connectivity index (χ2v) is 6.88. The molecule has 6 nitrogen and oxygen atoms in total. The fourth-order valence-corrected chi connectivity index (χ4v) is 3.32. The number of rotatable bonds is 5. The van der Waals surface area contributed by atoms with Crippen molar-refractivity contribution in [1.29, 1.82) is 0 Å². The fourth-order valence-electron chi connectivity index (χ4n) is 2.46. The highest BCUT2D eigenvalue weighted by atomic mass is 32.1. The van der Waals surface area contributed by atoms with Gasteiger partial charge in [0.2, 0.25) is 0 Å². The molecule has 1 heterocycles. The van der Waals surface area contributed by atoms with Gasteiger partial charge >= 0.3 is 0 Å². The van der Waals surface area contributed by atoms with Crippen molar-refractivity contribution in [2.45, 2.75) is 13.8 Å². The van der Waals surface area contributed by atoms with Crippen molar-refractivity contribution in [3.8, 4) is 5.75 Å². The lowest BCUT2D eigenvalue weighted by Gasteiger charge is -2.06. The van der Waals surface area contributed by atoms with Crippen LogP contribution >= 0.6 is 11.3 Å². The largest absolute Gasteiger partial charge is 0.497 e. The Morgan fingerprint density at radius 3 is 2.33 bits per heavy atom. The Hall–Kier alpha value is -3.19. The molecule has 0 atom stereocenters. The van der Waals surface area contributed by atoms with Crippen LogP contribution in [-0.2, 0) is 0 Å². The second kappa shape index (κ2) is 8.01. The highest BCUT2D eigenvalue weighted by Crippen LogP contribution is 2.25. The van der Waals surface area contributed by atoms with E-state index in [1.807, 2.05) is 31.2 Å². The number of carbonyl (C=O) groups is 2. The maximum absolute atomic E-state index is 12.6. The molecule has 3 aromatic rings. The van der Waals surface area contributed by atoms with Crippen LogP contribution < -0.4 is 15.4 Å². The molecule has 2 N–H and O–H groups in total. The summed E-state index contributed by atoms with van der Waals surface area (Å²) in [6.07, 6.45) is 0. The van der Waals surface area contributed by atoms with Crippen LogP contribution in [0.1, 0.15) is 31.3 Å². The number of thiazole rings is 1. The van der Waals surface area contributed by atoms with Gasteiger partial charge in [0.15, 0.2) is 5.13 Å². The average molecular weight is 381 g/mol. The quantitative estimate of drug-likeness (QED) is 0.691. The van der Waals surface area contributed by atoms with Crippen LogP contribution in [0, 0.1) is 13.8 Å². The van der Waals surface area contributed by atoms with Gasteiger partial charge in [0.1, 0.15) is 10.6 Å². The molecule has 0 spiro atoms. The van der Waals surface area contributed by atoms with Crippen LogP contribution in [0.15, 0.2) is 48.5 Å².